The van der Waals surface area contributed by atoms with Crippen molar-refractivity contribution in [3.05, 3.63) is 57.6 Å². The minimum atomic E-state index is 0.0571. The Morgan fingerprint density at radius 2 is 1.82 bits per heavy atom. The number of amides is 1. The third kappa shape index (κ3) is 4.54. The number of rotatable bonds is 6. The smallest absolute Gasteiger partial charge is 0.233 e. The second kappa shape index (κ2) is 8.60. The van der Waals surface area contributed by atoms with Crippen LogP contribution in [0, 0.1) is 20.8 Å². The number of carbonyl (C=O) groups excluding carboxylic acids is 1. The zero-order chi connectivity index (χ0) is 20.4. The second-order valence-electron chi connectivity index (χ2n) is 7.49. The summed E-state index contributed by atoms with van der Waals surface area (Å²) >= 11 is 7.87. The number of hydrogen-bond acceptors (Lipinski definition) is 4. The molecule has 0 aliphatic rings. The fourth-order valence-electron chi connectivity index (χ4n) is 3.14. The Morgan fingerprint density at radius 3 is 2.46 bits per heavy atom. The van der Waals surface area contributed by atoms with Crippen molar-refractivity contribution in [2.45, 2.75) is 27.2 Å². The Hall–Kier alpha value is -1.95. The van der Waals surface area contributed by atoms with Crippen LogP contribution in [-0.4, -0.2) is 43.0 Å². The van der Waals surface area contributed by atoms with Gasteiger partial charge in [0.15, 0.2) is 5.13 Å². The molecule has 3 rings (SSSR count). The highest BCUT2D eigenvalue weighted by molar-refractivity contribution is 7.23. The molecule has 4 nitrogen and oxygen atoms in total. The molecule has 3 aromatic rings. The van der Waals surface area contributed by atoms with Crippen molar-refractivity contribution in [3.8, 4) is 0 Å². The van der Waals surface area contributed by atoms with Crippen molar-refractivity contribution >= 4 is 44.2 Å². The summed E-state index contributed by atoms with van der Waals surface area (Å²) < 4.78 is 0.936. The highest BCUT2D eigenvalue weighted by Crippen LogP contribution is 2.35. The van der Waals surface area contributed by atoms with Gasteiger partial charge in [-0.15, -0.1) is 0 Å². The van der Waals surface area contributed by atoms with E-state index in [9.17, 15) is 4.79 Å². The summed E-state index contributed by atoms with van der Waals surface area (Å²) in [6.45, 7) is 7.49. The molecule has 28 heavy (non-hydrogen) atoms. The van der Waals surface area contributed by atoms with E-state index in [1.807, 2.05) is 39.2 Å². The van der Waals surface area contributed by atoms with E-state index in [0.29, 0.717) is 23.1 Å². The number of fused-ring (bicyclic) bond motifs is 1. The van der Waals surface area contributed by atoms with Gasteiger partial charge in [0.2, 0.25) is 5.91 Å². The van der Waals surface area contributed by atoms with Crippen molar-refractivity contribution in [2.75, 3.05) is 32.1 Å². The first kappa shape index (κ1) is 20.8. The van der Waals surface area contributed by atoms with E-state index in [-0.39, 0.29) is 5.91 Å². The summed E-state index contributed by atoms with van der Waals surface area (Å²) in [6, 6.07) is 10.1. The van der Waals surface area contributed by atoms with Gasteiger partial charge in [0.05, 0.1) is 21.7 Å². The average Bonchev–Trinajstić information content (AvgIpc) is 3.07. The van der Waals surface area contributed by atoms with Crippen molar-refractivity contribution in [1.82, 2.24) is 9.88 Å². The summed E-state index contributed by atoms with van der Waals surface area (Å²) in [5.74, 6) is 0.0571. The van der Waals surface area contributed by atoms with E-state index in [4.69, 9.17) is 16.6 Å². The van der Waals surface area contributed by atoms with Crippen LogP contribution in [0.5, 0.6) is 0 Å². The van der Waals surface area contributed by atoms with Gasteiger partial charge < -0.3 is 4.90 Å². The van der Waals surface area contributed by atoms with Gasteiger partial charge in [0.1, 0.15) is 0 Å². The predicted octanol–water partition coefficient (Wildman–Crippen LogP) is 5.01. The number of aryl methyl sites for hydroxylation is 3. The average molecular weight is 416 g/mol. The van der Waals surface area contributed by atoms with Gasteiger partial charge in [-0.25, -0.2) is 4.98 Å². The Morgan fingerprint density at radius 1 is 1.07 bits per heavy atom. The molecule has 0 radical (unpaired) electrons. The van der Waals surface area contributed by atoms with Crippen molar-refractivity contribution in [2.24, 2.45) is 0 Å². The molecule has 1 amide bonds. The lowest BCUT2D eigenvalue weighted by atomic mass is 10.0. The van der Waals surface area contributed by atoms with Gasteiger partial charge in [0, 0.05) is 13.1 Å². The molecule has 1 aromatic heterocycles. The summed E-state index contributed by atoms with van der Waals surface area (Å²) in [6.07, 6.45) is 0.363. The van der Waals surface area contributed by atoms with Crippen LogP contribution in [0.4, 0.5) is 5.13 Å². The fraction of sp³-hybridized carbons (Fsp3) is 0.364. The van der Waals surface area contributed by atoms with Gasteiger partial charge in [-0.1, -0.05) is 52.8 Å². The number of anilines is 1. The molecule has 148 valence electrons. The van der Waals surface area contributed by atoms with E-state index < -0.39 is 0 Å². The first-order valence-corrected chi connectivity index (χ1v) is 10.5. The van der Waals surface area contributed by atoms with Crippen LogP contribution in [0.3, 0.4) is 0 Å². The maximum Gasteiger partial charge on any atom is 0.233 e. The lowest BCUT2D eigenvalue weighted by Crippen LogP contribution is -2.37. The first-order chi connectivity index (χ1) is 13.3. The Kier molecular flexibility index (Phi) is 6.38. The van der Waals surface area contributed by atoms with Crippen LogP contribution in [0.15, 0.2) is 30.3 Å². The standard InChI is InChI=1S/C22H26ClN3OS/c1-14-6-8-17(16(3)12-14)13-19(27)26(11-10-25(4)5)22-24-20-15(2)7-9-18(23)21(20)28-22/h6-9,12H,10-11,13H2,1-5H3. The molecule has 0 N–H and O–H groups in total. The highest BCUT2D eigenvalue weighted by Gasteiger charge is 2.22. The monoisotopic (exact) mass is 415 g/mol. The van der Waals surface area contributed by atoms with Crippen LogP contribution in [0.2, 0.25) is 5.02 Å². The minimum Gasteiger partial charge on any atom is -0.308 e. The molecule has 0 saturated heterocycles. The van der Waals surface area contributed by atoms with Gasteiger partial charge in [-0.3, -0.25) is 9.69 Å². The molecule has 0 unspecified atom stereocenters. The number of aromatic nitrogens is 1. The molecule has 0 spiro atoms. The molecule has 0 saturated carbocycles. The van der Waals surface area contributed by atoms with E-state index >= 15 is 0 Å². The van der Waals surface area contributed by atoms with Crippen LogP contribution in [0.25, 0.3) is 10.2 Å². The van der Waals surface area contributed by atoms with E-state index in [0.717, 1.165) is 33.5 Å². The quantitative estimate of drug-likeness (QED) is 0.567. The van der Waals surface area contributed by atoms with Crippen molar-refractivity contribution in [3.63, 3.8) is 0 Å². The van der Waals surface area contributed by atoms with E-state index in [1.165, 1.54) is 16.9 Å². The van der Waals surface area contributed by atoms with Gasteiger partial charge in [-0.2, -0.15) is 0 Å². The number of benzene rings is 2. The number of nitrogens with zero attached hydrogens (tertiary/aromatic N) is 3. The molecule has 0 aliphatic heterocycles. The number of halogens is 1. The summed E-state index contributed by atoms with van der Waals surface area (Å²) in [5, 5.41) is 1.39. The van der Waals surface area contributed by atoms with Gasteiger partial charge in [0.25, 0.3) is 0 Å². The minimum absolute atomic E-state index is 0.0571. The first-order valence-electron chi connectivity index (χ1n) is 9.33. The third-order valence-corrected chi connectivity index (χ3v) is 6.37. The zero-order valence-electron chi connectivity index (χ0n) is 17.0. The largest absolute Gasteiger partial charge is 0.308 e. The Balaban J connectivity index is 1.95. The maximum absolute atomic E-state index is 13.3. The van der Waals surface area contributed by atoms with Crippen LogP contribution in [0.1, 0.15) is 22.3 Å². The maximum atomic E-state index is 13.3. The number of likely N-dealkylation sites (N-methyl/N-ethyl adjacent to an activating group) is 1. The topological polar surface area (TPSA) is 36.4 Å². The van der Waals surface area contributed by atoms with Crippen molar-refractivity contribution < 1.29 is 4.79 Å². The lowest BCUT2D eigenvalue weighted by molar-refractivity contribution is -0.118. The van der Waals surface area contributed by atoms with Crippen molar-refractivity contribution in [1.29, 1.82) is 0 Å². The molecule has 1 heterocycles. The molecule has 0 fully saturated rings. The fourth-order valence-corrected chi connectivity index (χ4v) is 4.50. The van der Waals surface area contributed by atoms with Crippen LogP contribution in [-0.2, 0) is 11.2 Å². The van der Waals surface area contributed by atoms with E-state index in [1.54, 1.807) is 4.90 Å². The summed E-state index contributed by atoms with van der Waals surface area (Å²) in [4.78, 5) is 21.9. The Bertz CT molecular complexity index is 973. The van der Waals surface area contributed by atoms with E-state index in [2.05, 4.69) is 30.9 Å². The number of thiazole rings is 1. The molecular formula is C22H26ClN3OS. The number of hydrogen-bond donors (Lipinski definition) is 0. The van der Waals surface area contributed by atoms with Crippen LogP contribution >= 0.6 is 22.9 Å². The Labute approximate surface area is 175 Å². The van der Waals surface area contributed by atoms with Gasteiger partial charge in [-0.05, 0) is 57.6 Å². The normalized spacial score (nSPS) is 11.4. The molecule has 0 aliphatic carbocycles. The lowest BCUT2D eigenvalue weighted by Gasteiger charge is -2.22. The third-order valence-electron chi connectivity index (χ3n) is 4.83. The molecule has 0 atom stereocenters. The summed E-state index contributed by atoms with van der Waals surface area (Å²) in [5.41, 5.74) is 5.34. The molecule has 6 heteroatoms. The summed E-state index contributed by atoms with van der Waals surface area (Å²) in [7, 11) is 4.01. The molecule has 2 aromatic carbocycles. The molecule has 0 bridgehead atoms. The van der Waals surface area contributed by atoms with Gasteiger partial charge >= 0.3 is 0 Å². The zero-order valence-corrected chi connectivity index (χ0v) is 18.6. The second-order valence-corrected chi connectivity index (χ2v) is 8.88. The number of carbonyl (C=O) groups is 1. The van der Waals surface area contributed by atoms with Crippen LogP contribution < -0.4 is 4.90 Å². The SMILES string of the molecule is Cc1ccc(CC(=O)N(CCN(C)C)c2nc3c(C)ccc(Cl)c3s2)c(C)c1. The highest BCUT2D eigenvalue weighted by atomic mass is 35.5. The predicted molar refractivity (Wildman–Crippen MR) is 120 cm³/mol. The molecular weight excluding hydrogens is 390 g/mol.